The Labute approximate surface area is 183 Å². The minimum absolute atomic E-state index is 0.0431. The van der Waals surface area contributed by atoms with Crippen molar-refractivity contribution in [1.82, 2.24) is 15.0 Å². The van der Waals surface area contributed by atoms with Crippen molar-refractivity contribution in [3.8, 4) is 5.75 Å². The number of fused-ring (bicyclic) bond motifs is 1. The van der Waals surface area contributed by atoms with Gasteiger partial charge < -0.3 is 14.2 Å². The number of hydrogen-bond donors (Lipinski definition) is 0. The second-order valence-electron chi connectivity index (χ2n) is 8.05. The summed E-state index contributed by atoms with van der Waals surface area (Å²) in [6.45, 7) is 2.36. The van der Waals surface area contributed by atoms with Crippen molar-refractivity contribution in [2.24, 2.45) is 0 Å². The van der Waals surface area contributed by atoms with Gasteiger partial charge in [0.1, 0.15) is 5.75 Å². The minimum Gasteiger partial charge on any atom is -0.496 e. The number of likely N-dealkylation sites (tertiary alicyclic amines) is 1. The van der Waals surface area contributed by atoms with Crippen molar-refractivity contribution in [1.29, 1.82) is 0 Å². The Morgan fingerprint density at radius 2 is 2.09 bits per heavy atom. The summed E-state index contributed by atoms with van der Waals surface area (Å²) < 4.78 is 51.5. The molecule has 0 unspecified atom stereocenters. The zero-order valence-electron chi connectivity index (χ0n) is 17.9. The van der Waals surface area contributed by atoms with Crippen LogP contribution < -0.4 is 4.74 Å². The van der Waals surface area contributed by atoms with E-state index in [0.29, 0.717) is 38.8 Å². The molecule has 4 rings (SSSR count). The Morgan fingerprint density at radius 1 is 1.31 bits per heavy atom. The van der Waals surface area contributed by atoms with Crippen molar-refractivity contribution in [3.63, 3.8) is 0 Å². The number of rotatable bonds is 5. The van der Waals surface area contributed by atoms with Gasteiger partial charge in [0, 0.05) is 31.1 Å². The molecule has 1 fully saturated rings. The van der Waals surface area contributed by atoms with E-state index in [0.717, 1.165) is 17.4 Å². The van der Waals surface area contributed by atoms with Crippen LogP contribution in [0.2, 0.25) is 0 Å². The van der Waals surface area contributed by atoms with E-state index < -0.39 is 11.7 Å². The molecule has 1 aliphatic heterocycles. The SMILES string of the molecule is COc1ccccc1CCC(=O)N1CCC[C@H](c2noc3nc(C)cc(C(F)(F)F)c23)C1. The summed E-state index contributed by atoms with van der Waals surface area (Å²) in [5.74, 6) is 0.345. The van der Waals surface area contributed by atoms with Crippen molar-refractivity contribution in [3.05, 3.63) is 52.8 Å². The first-order valence-corrected chi connectivity index (χ1v) is 10.5. The van der Waals surface area contributed by atoms with Crippen LogP contribution in [0.15, 0.2) is 34.9 Å². The summed E-state index contributed by atoms with van der Waals surface area (Å²) >= 11 is 0. The fraction of sp³-hybridized carbons (Fsp3) is 0.435. The van der Waals surface area contributed by atoms with Gasteiger partial charge in [0.25, 0.3) is 5.71 Å². The molecule has 0 radical (unpaired) electrons. The van der Waals surface area contributed by atoms with E-state index in [9.17, 15) is 18.0 Å². The van der Waals surface area contributed by atoms with Crippen LogP contribution in [0.25, 0.3) is 11.1 Å². The van der Waals surface area contributed by atoms with Crippen LogP contribution in [0.5, 0.6) is 5.75 Å². The van der Waals surface area contributed by atoms with Gasteiger partial charge in [0.2, 0.25) is 5.91 Å². The summed E-state index contributed by atoms with van der Waals surface area (Å²) in [6, 6.07) is 8.54. The quantitative estimate of drug-likeness (QED) is 0.557. The number of alkyl halides is 3. The summed E-state index contributed by atoms with van der Waals surface area (Å²) in [4.78, 5) is 18.7. The van der Waals surface area contributed by atoms with E-state index in [1.165, 1.54) is 6.92 Å². The lowest BCUT2D eigenvalue weighted by atomic mass is 9.91. The van der Waals surface area contributed by atoms with Crippen LogP contribution in [-0.4, -0.2) is 41.1 Å². The summed E-state index contributed by atoms with van der Waals surface area (Å²) in [5.41, 5.74) is 0.463. The van der Waals surface area contributed by atoms with Crippen LogP contribution in [0.3, 0.4) is 0 Å². The lowest BCUT2D eigenvalue weighted by Crippen LogP contribution is -2.39. The standard InChI is InChI=1S/C23H24F3N3O3/c1-14-12-17(23(24,25)26)20-21(28-32-22(20)27-14)16-7-5-11-29(13-16)19(30)10-9-15-6-3-4-8-18(15)31-2/h3-4,6,8,12,16H,5,7,9-11,13H2,1-2H3/t16-/m0/s1. The fourth-order valence-corrected chi connectivity index (χ4v) is 4.33. The van der Waals surface area contributed by atoms with Crippen LogP contribution in [-0.2, 0) is 17.4 Å². The normalized spacial score (nSPS) is 17.0. The lowest BCUT2D eigenvalue weighted by molar-refractivity contribution is -0.136. The average Bonchev–Trinajstić information content (AvgIpc) is 3.20. The maximum Gasteiger partial charge on any atom is 0.417 e. The molecular weight excluding hydrogens is 423 g/mol. The Bertz CT molecular complexity index is 1130. The Morgan fingerprint density at radius 3 is 2.84 bits per heavy atom. The number of amides is 1. The molecule has 0 bridgehead atoms. The number of piperidine rings is 1. The lowest BCUT2D eigenvalue weighted by Gasteiger charge is -2.32. The summed E-state index contributed by atoms with van der Waals surface area (Å²) in [5, 5.41) is 3.85. The number of aryl methyl sites for hydroxylation is 2. The number of benzene rings is 1. The predicted octanol–water partition coefficient (Wildman–Crippen LogP) is 4.90. The van der Waals surface area contributed by atoms with Gasteiger partial charge in [-0.25, -0.2) is 4.98 Å². The van der Waals surface area contributed by atoms with E-state index in [-0.39, 0.29) is 34.3 Å². The molecule has 3 heterocycles. The molecule has 1 amide bonds. The monoisotopic (exact) mass is 447 g/mol. The molecule has 9 heteroatoms. The van der Waals surface area contributed by atoms with E-state index in [2.05, 4.69) is 10.1 Å². The third-order valence-corrected chi connectivity index (χ3v) is 5.87. The molecule has 2 aromatic heterocycles. The van der Waals surface area contributed by atoms with E-state index in [1.54, 1.807) is 12.0 Å². The van der Waals surface area contributed by atoms with Crippen LogP contribution in [0, 0.1) is 6.92 Å². The first kappa shape index (κ1) is 22.1. The average molecular weight is 447 g/mol. The highest BCUT2D eigenvalue weighted by molar-refractivity contribution is 5.82. The second-order valence-corrected chi connectivity index (χ2v) is 8.05. The highest BCUT2D eigenvalue weighted by atomic mass is 19.4. The van der Waals surface area contributed by atoms with E-state index in [1.807, 2.05) is 24.3 Å². The van der Waals surface area contributed by atoms with Gasteiger partial charge in [-0.3, -0.25) is 4.79 Å². The number of halogens is 3. The highest BCUT2D eigenvalue weighted by Gasteiger charge is 2.38. The zero-order valence-corrected chi connectivity index (χ0v) is 17.9. The summed E-state index contributed by atoms with van der Waals surface area (Å²) in [7, 11) is 1.59. The maximum absolute atomic E-state index is 13.7. The van der Waals surface area contributed by atoms with Crippen molar-refractivity contribution < 1.29 is 27.2 Å². The third-order valence-electron chi connectivity index (χ3n) is 5.87. The van der Waals surface area contributed by atoms with Gasteiger partial charge in [0.15, 0.2) is 0 Å². The molecule has 1 aromatic carbocycles. The van der Waals surface area contributed by atoms with Gasteiger partial charge in [-0.1, -0.05) is 23.4 Å². The molecule has 6 nitrogen and oxygen atoms in total. The van der Waals surface area contributed by atoms with Gasteiger partial charge in [0.05, 0.1) is 23.8 Å². The second kappa shape index (κ2) is 8.80. The fourth-order valence-electron chi connectivity index (χ4n) is 4.33. The maximum atomic E-state index is 13.7. The molecular formula is C23H24F3N3O3. The molecule has 32 heavy (non-hydrogen) atoms. The predicted molar refractivity (Wildman–Crippen MR) is 111 cm³/mol. The van der Waals surface area contributed by atoms with Gasteiger partial charge in [-0.15, -0.1) is 0 Å². The number of ether oxygens (including phenoxy) is 1. The van der Waals surface area contributed by atoms with E-state index >= 15 is 0 Å². The highest BCUT2D eigenvalue weighted by Crippen LogP contribution is 2.40. The van der Waals surface area contributed by atoms with Crippen molar-refractivity contribution in [2.75, 3.05) is 20.2 Å². The van der Waals surface area contributed by atoms with Crippen LogP contribution >= 0.6 is 0 Å². The smallest absolute Gasteiger partial charge is 0.417 e. The number of pyridine rings is 1. The number of carbonyl (C=O) groups is 1. The molecule has 1 saturated heterocycles. The number of methoxy groups -OCH3 is 1. The Balaban J connectivity index is 1.53. The number of aromatic nitrogens is 2. The largest absolute Gasteiger partial charge is 0.496 e. The van der Waals surface area contributed by atoms with E-state index in [4.69, 9.17) is 9.26 Å². The number of hydrogen-bond acceptors (Lipinski definition) is 5. The zero-order chi connectivity index (χ0) is 22.9. The van der Waals surface area contributed by atoms with Crippen molar-refractivity contribution in [2.45, 2.75) is 44.7 Å². The molecule has 170 valence electrons. The molecule has 0 N–H and O–H groups in total. The van der Waals surface area contributed by atoms with Gasteiger partial charge in [-0.2, -0.15) is 13.2 Å². The molecule has 3 aromatic rings. The molecule has 0 aliphatic carbocycles. The molecule has 0 spiro atoms. The summed E-state index contributed by atoms with van der Waals surface area (Å²) in [6.07, 6.45) is -2.42. The topological polar surface area (TPSA) is 68.5 Å². The van der Waals surface area contributed by atoms with Gasteiger partial charge >= 0.3 is 6.18 Å². The number of nitrogens with zero attached hydrogens (tertiary/aromatic N) is 3. The third kappa shape index (κ3) is 4.42. The number of para-hydroxylation sites is 1. The molecule has 1 aliphatic rings. The van der Waals surface area contributed by atoms with Crippen molar-refractivity contribution >= 4 is 17.0 Å². The van der Waals surface area contributed by atoms with Crippen LogP contribution in [0.1, 0.15) is 47.7 Å². The minimum atomic E-state index is -4.55. The first-order chi connectivity index (χ1) is 15.3. The van der Waals surface area contributed by atoms with Crippen LogP contribution in [0.4, 0.5) is 13.2 Å². The van der Waals surface area contributed by atoms with Gasteiger partial charge in [-0.05, 0) is 43.9 Å². The number of carbonyl (C=O) groups excluding carboxylic acids is 1. The Kier molecular flexibility index (Phi) is 6.08. The molecule has 0 saturated carbocycles. The first-order valence-electron chi connectivity index (χ1n) is 10.5. The Hall–Kier alpha value is -3.10. The molecule has 1 atom stereocenters.